The second-order valence-corrected chi connectivity index (χ2v) is 5.80. The molecule has 0 bridgehead atoms. The van der Waals surface area contributed by atoms with Crippen molar-refractivity contribution in [1.29, 1.82) is 0 Å². The van der Waals surface area contributed by atoms with Crippen molar-refractivity contribution in [3.63, 3.8) is 0 Å². The Morgan fingerprint density at radius 1 is 1.52 bits per heavy atom. The number of carboxylic acids is 1. The van der Waals surface area contributed by atoms with Gasteiger partial charge >= 0.3 is 12.0 Å². The van der Waals surface area contributed by atoms with Crippen LogP contribution in [-0.2, 0) is 11.3 Å². The zero-order chi connectivity index (χ0) is 15.5. The SMILES string of the molecule is CC(C)(C(=O)O)C1CCCN(C(=O)NCc2nn[nH]n2)C1. The third-order valence-corrected chi connectivity index (χ3v) is 4.07. The number of carboxylic acid groups (broad SMARTS) is 1. The normalized spacial score (nSPS) is 19.3. The zero-order valence-electron chi connectivity index (χ0n) is 12.2. The number of nitrogens with zero attached hydrogens (tertiary/aromatic N) is 4. The molecule has 2 heterocycles. The van der Waals surface area contributed by atoms with Gasteiger partial charge in [-0.3, -0.25) is 4.79 Å². The number of likely N-dealkylation sites (tertiary alicyclic amines) is 1. The van der Waals surface area contributed by atoms with Crippen molar-refractivity contribution in [1.82, 2.24) is 30.8 Å². The highest BCUT2D eigenvalue weighted by atomic mass is 16.4. The lowest BCUT2D eigenvalue weighted by Crippen LogP contribution is -2.49. The molecule has 0 spiro atoms. The first-order valence-electron chi connectivity index (χ1n) is 6.89. The van der Waals surface area contributed by atoms with Crippen LogP contribution in [0.3, 0.4) is 0 Å². The highest BCUT2D eigenvalue weighted by Crippen LogP contribution is 2.34. The molecule has 3 N–H and O–H groups in total. The van der Waals surface area contributed by atoms with Crippen molar-refractivity contribution in [3.8, 4) is 0 Å². The lowest BCUT2D eigenvalue weighted by Gasteiger charge is -2.39. The average molecular weight is 296 g/mol. The van der Waals surface area contributed by atoms with E-state index in [1.165, 1.54) is 0 Å². The molecule has 9 nitrogen and oxygen atoms in total. The number of rotatable bonds is 4. The molecule has 2 rings (SSSR count). The van der Waals surface area contributed by atoms with E-state index in [1.807, 2.05) is 0 Å². The Morgan fingerprint density at radius 2 is 2.29 bits per heavy atom. The van der Waals surface area contributed by atoms with E-state index in [9.17, 15) is 14.7 Å². The van der Waals surface area contributed by atoms with Crippen LogP contribution in [0.5, 0.6) is 0 Å². The first-order chi connectivity index (χ1) is 9.91. The predicted molar refractivity (Wildman–Crippen MR) is 72.1 cm³/mol. The number of carbonyl (C=O) groups excluding carboxylic acids is 1. The number of hydrogen-bond acceptors (Lipinski definition) is 5. The maximum absolute atomic E-state index is 12.1. The van der Waals surface area contributed by atoms with Crippen LogP contribution < -0.4 is 5.32 Å². The van der Waals surface area contributed by atoms with Gasteiger partial charge in [-0.15, -0.1) is 10.2 Å². The number of nitrogens with one attached hydrogen (secondary N) is 2. The van der Waals surface area contributed by atoms with Gasteiger partial charge < -0.3 is 15.3 Å². The predicted octanol–water partition coefficient (Wildman–Crippen LogP) is 0.232. The molecule has 1 unspecified atom stereocenters. The van der Waals surface area contributed by atoms with Crippen LogP contribution in [0.25, 0.3) is 0 Å². The Hall–Kier alpha value is -2.19. The van der Waals surface area contributed by atoms with Crippen LogP contribution in [0.4, 0.5) is 4.79 Å². The lowest BCUT2D eigenvalue weighted by atomic mass is 9.74. The van der Waals surface area contributed by atoms with Crippen LogP contribution in [0.15, 0.2) is 0 Å². The molecule has 1 fully saturated rings. The van der Waals surface area contributed by atoms with Crippen molar-refractivity contribution >= 4 is 12.0 Å². The molecule has 116 valence electrons. The van der Waals surface area contributed by atoms with Gasteiger partial charge in [-0.05, 0) is 32.6 Å². The fourth-order valence-electron chi connectivity index (χ4n) is 2.45. The Balaban J connectivity index is 1.91. The molecule has 1 saturated heterocycles. The standard InChI is InChI=1S/C12H20N6O3/c1-12(2,10(19)20)8-4-3-5-18(7-8)11(21)13-6-9-14-16-17-15-9/h8H,3-7H2,1-2H3,(H,13,21)(H,19,20)(H,14,15,16,17). The molecule has 1 atom stereocenters. The Labute approximate surface area is 122 Å². The summed E-state index contributed by atoms with van der Waals surface area (Å²) in [5, 5.41) is 25.2. The van der Waals surface area contributed by atoms with E-state index >= 15 is 0 Å². The molecule has 1 aliphatic rings. The van der Waals surface area contributed by atoms with Crippen molar-refractivity contribution in [3.05, 3.63) is 5.82 Å². The summed E-state index contributed by atoms with van der Waals surface area (Å²) in [6.07, 6.45) is 1.62. The fraction of sp³-hybridized carbons (Fsp3) is 0.750. The van der Waals surface area contributed by atoms with Gasteiger partial charge in [-0.25, -0.2) is 4.79 Å². The first-order valence-corrected chi connectivity index (χ1v) is 6.89. The van der Waals surface area contributed by atoms with E-state index in [2.05, 4.69) is 25.9 Å². The summed E-state index contributed by atoms with van der Waals surface area (Å²) in [5.74, 6) is -0.482. The van der Waals surface area contributed by atoms with Gasteiger partial charge in [0.05, 0.1) is 12.0 Å². The van der Waals surface area contributed by atoms with E-state index in [1.54, 1.807) is 18.7 Å². The molecule has 1 aromatic heterocycles. The van der Waals surface area contributed by atoms with Crippen LogP contribution in [-0.4, -0.2) is 55.7 Å². The van der Waals surface area contributed by atoms with Gasteiger partial charge in [0.1, 0.15) is 0 Å². The number of tetrazole rings is 1. The first kappa shape index (κ1) is 15.2. The number of hydrogen-bond donors (Lipinski definition) is 3. The van der Waals surface area contributed by atoms with Gasteiger partial charge in [-0.1, -0.05) is 5.21 Å². The number of piperidine rings is 1. The zero-order valence-corrected chi connectivity index (χ0v) is 12.2. The summed E-state index contributed by atoms with van der Waals surface area (Å²) < 4.78 is 0. The maximum atomic E-state index is 12.1. The van der Waals surface area contributed by atoms with Crippen LogP contribution in [0.1, 0.15) is 32.5 Å². The van der Waals surface area contributed by atoms with E-state index in [0.717, 1.165) is 12.8 Å². The molecule has 9 heteroatoms. The average Bonchev–Trinajstić information content (AvgIpc) is 2.98. The summed E-state index contributed by atoms with van der Waals surface area (Å²) in [5.41, 5.74) is -0.841. The summed E-state index contributed by atoms with van der Waals surface area (Å²) in [7, 11) is 0. The number of H-pyrrole nitrogens is 1. The molecule has 0 aliphatic carbocycles. The highest BCUT2D eigenvalue weighted by Gasteiger charge is 2.39. The topological polar surface area (TPSA) is 124 Å². The number of amides is 2. The number of urea groups is 1. The second-order valence-electron chi connectivity index (χ2n) is 5.80. The summed E-state index contributed by atoms with van der Waals surface area (Å²) in [4.78, 5) is 25.1. The molecule has 0 saturated carbocycles. The van der Waals surface area contributed by atoms with Gasteiger partial charge in [-0.2, -0.15) is 5.21 Å². The summed E-state index contributed by atoms with van der Waals surface area (Å²) in [6, 6.07) is -0.231. The molecular weight excluding hydrogens is 276 g/mol. The van der Waals surface area contributed by atoms with Crippen LogP contribution in [0.2, 0.25) is 0 Å². The highest BCUT2D eigenvalue weighted by molar-refractivity contribution is 5.76. The minimum absolute atomic E-state index is 0.0559. The molecular formula is C12H20N6O3. The Kier molecular flexibility index (Phi) is 4.39. The summed E-state index contributed by atoms with van der Waals surface area (Å²) >= 11 is 0. The van der Waals surface area contributed by atoms with Gasteiger partial charge in [0.15, 0.2) is 5.82 Å². The molecule has 21 heavy (non-hydrogen) atoms. The number of carbonyl (C=O) groups is 2. The third kappa shape index (κ3) is 3.47. The molecule has 0 aromatic carbocycles. The monoisotopic (exact) mass is 296 g/mol. The Bertz CT molecular complexity index is 501. The fourth-order valence-corrected chi connectivity index (χ4v) is 2.45. The van der Waals surface area contributed by atoms with Gasteiger partial charge in [0.25, 0.3) is 0 Å². The van der Waals surface area contributed by atoms with Gasteiger partial charge in [0, 0.05) is 13.1 Å². The van der Waals surface area contributed by atoms with E-state index in [-0.39, 0.29) is 18.5 Å². The number of aromatic amines is 1. The van der Waals surface area contributed by atoms with Crippen molar-refractivity contribution in [2.24, 2.45) is 11.3 Å². The molecule has 1 aromatic rings. The van der Waals surface area contributed by atoms with Crippen molar-refractivity contribution in [2.45, 2.75) is 33.2 Å². The van der Waals surface area contributed by atoms with Crippen molar-refractivity contribution < 1.29 is 14.7 Å². The minimum atomic E-state index is -0.841. The van der Waals surface area contributed by atoms with Crippen LogP contribution in [0, 0.1) is 11.3 Å². The van der Waals surface area contributed by atoms with Crippen molar-refractivity contribution in [2.75, 3.05) is 13.1 Å². The lowest BCUT2D eigenvalue weighted by molar-refractivity contribution is -0.151. The molecule has 2 amide bonds. The second kappa shape index (κ2) is 6.06. The molecule has 0 radical (unpaired) electrons. The third-order valence-electron chi connectivity index (χ3n) is 4.07. The number of aliphatic carboxylic acids is 1. The van der Waals surface area contributed by atoms with Crippen LogP contribution >= 0.6 is 0 Å². The van der Waals surface area contributed by atoms with E-state index < -0.39 is 11.4 Å². The largest absolute Gasteiger partial charge is 0.481 e. The quantitative estimate of drug-likeness (QED) is 0.730. The van der Waals surface area contributed by atoms with E-state index in [0.29, 0.717) is 18.9 Å². The van der Waals surface area contributed by atoms with E-state index in [4.69, 9.17) is 0 Å². The summed E-state index contributed by atoms with van der Waals surface area (Å²) in [6.45, 7) is 4.68. The minimum Gasteiger partial charge on any atom is -0.481 e. The molecule has 1 aliphatic heterocycles. The van der Waals surface area contributed by atoms with Gasteiger partial charge in [0.2, 0.25) is 0 Å². The number of aromatic nitrogens is 4. The smallest absolute Gasteiger partial charge is 0.317 e. The Morgan fingerprint density at radius 3 is 2.90 bits per heavy atom. The maximum Gasteiger partial charge on any atom is 0.317 e.